The second kappa shape index (κ2) is 7.80. The minimum Gasteiger partial charge on any atom is -0.480 e. The Kier molecular flexibility index (Phi) is 6.35. The lowest BCUT2D eigenvalue weighted by Crippen LogP contribution is -2.45. The van der Waals surface area contributed by atoms with Gasteiger partial charge in [-0.05, 0) is 12.0 Å². The lowest BCUT2D eigenvalue weighted by Gasteiger charge is -2.20. The molecule has 6 nitrogen and oxygen atoms in total. The highest BCUT2D eigenvalue weighted by Gasteiger charge is 2.29. The summed E-state index contributed by atoms with van der Waals surface area (Å²) in [5.74, 6) is -2.68. The van der Waals surface area contributed by atoms with Crippen LogP contribution in [0, 0.1) is 5.92 Å². The Morgan fingerprint density at radius 3 is 2.57 bits per heavy atom. The molecule has 1 rings (SSSR count). The molecule has 2 N–H and O–H groups in total. The van der Waals surface area contributed by atoms with Crippen LogP contribution in [0.5, 0.6) is 5.88 Å². The smallest absolute Gasteiger partial charge is 0.422 e. The number of aromatic nitrogens is 1. The third-order valence-electron chi connectivity index (χ3n) is 3.11. The summed E-state index contributed by atoms with van der Waals surface area (Å²) >= 11 is 0. The lowest BCUT2D eigenvalue weighted by molar-refractivity contribution is -0.154. The molecule has 0 aliphatic rings. The SMILES string of the molecule is CC[C@H](C)[C@H](NC(=O)c1cccc(OCC(F)(F)F)n1)C(=O)O. The number of nitrogens with one attached hydrogen (secondary N) is 1. The van der Waals surface area contributed by atoms with Crippen LogP contribution in [0.3, 0.4) is 0 Å². The monoisotopic (exact) mass is 334 g/mol. The number of hydrogen-bond donors (Lipinski definition) is 2. The molecule has 0 aliphatic heterocycles. The molecule has 1 amide bonds. The maximum Gasteiger partial charge on any atom is 0.422 e. The number of carboxylic acids is 1. The van der Waals surface area contributed by atoms with Crippen molar-refractivity contribution in [1.29, 1.82) is 0 Å². The van der Waals surface area contributed by atoms with Crippen LogP contribution in [0.1, 0.15) is 30.8 Å². The number of pyridine rings is 1. The lowest BCUT2D eigenvalue weighted by atomic mass is 9.99. The van der Waals surface area contributed by atoms with Crippen LogP contribution in [-0.4, -0.2) is 40.8 Å². The molecule has 0 spiro atoms. The normalized spacial score (nSPS) is 14.0. The van der Waals surface area contributed by atoms with E-state index in [-0.39, 0.29) is 17.5 Å². The van der Waals surface area contributed by atoms with Gasteiger partial charge in [-0.1, -0.05) is 26.3 Å². The Labute approximate surface area is 130 Å². The van der Waals surface area contributed by atoms with Crippen molar-refractivity contribution in [3.63, 3.8) is 0 Å². The number of carbonyl (C=O) groups is 2. The van der Waals surface area contributed by atoms with Crippen LogP contribution in [0.2, 0.25) is 0 Å². The number of alkyl halides is 3. The van der Waals surface area contributed by atoms with Gasteiger partial charge in [-0.25, -0.2) is 9.78 Å². The third-order valence-corrected chi connectivity index (χ3v) is 3.11. The van der Waals surface area contributed by atoms with Gasteiger partial charge in [0.05, 0.1) is 0 Å². The fourth-order valence-electron chi connectivity index (χ4n) is 1.68. The van der Waals surface area contributed by atoms with Gasteiger partial charge in [-0.3, -0.25) is 4.79 Å². The molecule has 0 aromatic carbocycles. The molecule has 128 valence electrons. The third kappa shape index (κ3) is 6.13. The van der Waals surface area contributed by atoms with Crippen molar-refractivity contribution in [2.24, 2.45) is 5.92 Å². The van der Waals surface area contributed by atoms with Crippen LogP contribution >= 0.6 is 0 Å². The number of halogens is 3. The zero-order valence-electron chi connectivity index (χ0n) is 12.6. The number of nitrogens with zero attached hydrogens (tertiary/aromatic N) is 1. The van der Waals surface area contributed by atoms with Crippen LogP contribution in [-0.2, 0) is 4.79 Å². The van der Waals surface area contributed by atoms with Crippen molar-refractivity contribution in [1.82, 2.24) is 10.3 Å². The van der Waals surface area contributed by atoms with Gasteiger partial charge in [0.25, 0.3) is 5.91 Å². The van der Waals surface area contributed by atoms with E-state index in [9.17, 15) is 22.8 Å². The first-order valence-corrected chi connectivity index (χ1v) is 6.84. The van der Waals surface area contributed by atoms with Crippen molar-refractivity contribution in [2.75, 3.05) is 6.61 Å². The maximum atomic E-state index is 12.1. The zero-order valence-corrected chi connectivity index (χ0v) is 12.6. The van der Waals surface area contributed by atoms with Crippen molar-refractivity contribution >= 4 is 11.9 Å². The summed E-state index contributed by atoms with van der Waals surface area (Å²) in [5.41, 5.74) is -0.223. The van der Waals surface area contributed by atoms with Gasteiger partial charge in [0, 0.05) is 6.07 Å². The highest BCUT2D eigenvalue weighted by atomic mass is 19.4. The van der Waals surface area contributed by atoms with Crippen LogP contribution in [0.4, 0.5) is 13.2 Å². The maximum absolute atomic E-state index is 12.1. The molecule has 9 heteroatoms. The fourth-order valence-corrected chi connectivity index (χ4v) is 1.68. The molecule has 2 atom stereocenters. The van der Waals surface area contributed by atoms with E-state index in [1.165, 1.54) is 18.2 Å². The van der Waals surface area contributed by atoms with Gasteiger partial charge in [0.2, 0.25) is 5.88 Å². The summed E-state index contributed by atoms with van der Waals surface area (Å²) in [6.45, 7) is 1.90. The summed E-state index contributed by atoms with van der Waals surface area (Å²) in [6, 6.07) is 2.61. The predicted molar refractivity (Wildman–Crippen MR) is 74.1 cm³/mol. The Bertz CT molecular complexity index is 563. The van der Waals surface area contributed by atoms with Crippen molar-refractivity contribution < 1.29 is 32.6 Å². The largest absolute Gasteiger partial charge is 0.480 e. The molecule has 1 aromatic heterocycles. The van der Waals surface area contributed by atoms with Gasteiger partial charge >= 0.3 is 12.1 Å². The van der Waals surface area contributed by atoms with E-state index in [1.54, 1.807) is 13.8 Å². The molecule has 0 unspecified atom stereocenters. The van der Waals surface area contributed by atoms with E-state index < -0.39 is 30.7 Å². The molecule has 1 aromatic rings. The molecule has 0 bridgehead atoms. The minimum absolute atomic E-state index is 0.223. The highest BCUT2D eigenvalue weighted by Crippen LogP contribution is 2.17. The first-order valence-electron chi connectivity index (χ1n) is 6.84. The Morgan fingerprint density at radius 2 is 2.04 bits per heavy atom. The number of hydrogen-bond acceptors (Lipinski definition) is 4. The Balaban J connectivity index is 2.81. The summed E-state index contributed by atoms with van der Waals surface area (Å²) in [4.78, 5) is 26.8. The van der Waals surface area contributed by atoms with E-state index in [1.807, 2.05) is 0 Å². The van der Waals surface area contributed by atoms with Crippen molar-refractivity contribution in [2.45, 2.75) is 32.5 Å². The summed E-state index contributed by atoms with van der Waals surface area (Å²) in [6.07, 6.45) is -4.00. The van der Waals surface area contributed by atoms with Gasteiger partial charge in [0.1, 0.15) is 11.7 Å². The van der Waals surface area contributed by atoms with Crippen LogP contribution < -0.4 is 10.1 Å². The first kappa shape index (κ1) is 18.7. The van der Waals surface area contributed by atoms with E-state index in [4.69, 9.17) is 5.11 Å². The Hall–Kier alpha value is -2.32. The number of ether oxygens (including phenoxy) is 1. The van der Waals surface area contributed by atoms with E-state index in [2.05, 4.69) is 15.0 Å². The summed E-state index contributed by atoms with van der Waals surface area (Å²) in [7, 11) is 0. The van der Waals surface area contributed by atoms with Gasteiger partial charge < -0.3 is 15.2 Å². The average molecular weight is 334 g/mol. The van der Waals surface area contributed by atoms with Crippen LogP contribution in [0.25, 0.3) is 0 Å². The summed E-state index contributed by atoms with van der Waals surface area (Å²) < 4.78 is 40.7. The minimum atomic E-state index is -4.52. The number of amides is 1. The average Bonchev–Trinajstić information content (AvgIpc) is 2.49. The molecule has 23 heavy (non-hydrogen) atoms. The quantitative estimate of drug-likeness (QED) is 0.798. The molecule has 0 aliphatic carbocycles. The topological polar surface area (TPSA) is 88.5 Å². The van der Waals surface area contributed by atoms with Gasteiger partial charge in [-0.2, -0.15) is 13.2 Å². The highest BCUT2D eigenvalue weighted by molar-refractivity contribution is 5.95. The Morgan fingerprint density at radius 1 is 1.39 bits per heavy atom. The molecule has 0 radical (unpaired) electrons. The number of carboxylic acid groups (broad SMARTS) is 1. The molecular weight excluding hydrogens is 317 g/mol. The molecular formula is C14H17F3N2O4. The second-order valence-corrected chi connectivity index (χ2v) is 4.94. The van der Waals surface area contributed by atoms with Crippen molar-refractivity contribution in [3.05, 3.63) is 23.9 Å². The summed E-state index contributed by atoms with van der Waals surface area (Å²) in [5, 5.41) is 11.4. The van der Waals surface area contributed by atoms with Gasteiger partial charge in [0.15, 0.2) is 6.61 Å². The van der Waals surface area contributed by atoms with Crippen molar-refractivity contribution in [3.8, 4) is 5.88 Å². The number of carbonyl (C=O) groups excluding carboxylic acids is 1. The molecule has 0 saturated heterocycles. The predicted octanol–water partition coefficient (Wildman–Crippen LogP) is 2.25. The molecule has 1 heterocycles. The van der Waals surface area contributed by atoms with Gasteiger partial charge in [-0.15, -0.1) is 0 Å². The second-order valence-electron chi connectivity index (χ2n) is 4.94. The fraction of sp³-hybridized carbons (Fsp3) is 0.500. The van der Waals surface area contributed by atoms with E-state index >= 15 is 0 Å². The number of rotatable bonds is 7. The first-order chi connectivity index (χ1) is 10.6. The molecule has 0 saturated carbocycles. The zero-order chi connectivity index (χ0) is 17.6. The van der Waals surface area contributed by atoms with E-state index in [0.717, 1.165) is 0 Å². The van der Waals surface area contributed by atoms with Crippen LogP contribution in [0.15, 0.2) is 18.2 Å². The van der Waals surface area contributed by atoms with E-state index in [0.29, 0.717) is 6.42 Å². The number of aliphatic carboxylic acids is 1. The molecule has 0 fully saturated rings. The standard InChI is InChI=1S/C14H17F3N2O4/c1-3-8(2)11(13(21)22)19-12(20)9-5-4-6-10(18-9)23-7-14(15,16)17/h4-6,8,11H,3,7H2,1-2H3,(H,19,20)(H,21,22)/t8-,11-/m0/s1.